The van der Waals surface area contributed by atoms with Crippen LogP contribution in [0.3, 0.4) is 0 Å². The molecule has 0 aliphatic carbocycles. The molecule has 1 saturated heterocycles. The van der Waals surface area contributed by atoms with Crippen LogP contribution in [0.1, 0.15) is 40.0 Å². The van der Waals surface area contributed by atoms with Gasteiger partial charge in [-0.2, -0.15) is 0 Å². The first-order valence-corrected chi connectivity index (χ1v) is 5.72. The molecule has 0 aromatic carbocycles. The summed E-state index contributed by atoms with van der Waals surface area (Å²) in [6, 6.07) is -0.445. The maximum absolute atomic E-state index is 11.8. The van der Waals surface area contributed by atoms with Crippen LogP contribution in [0.5, 0.6) is 0 Å². The van der Waals surface area contributed by atoms with Gasteiger partial charge in [-0.1, -0.05) is 27.2 Å². The minimum atomic E-state index is -0.445. The summed E-state index contributed by atoms with van der Waals surface area (Å²) in [6.07, 6.45) is 3.58. The smallest absolute Gasteiger partial charge is 0.251 e. The maximum Gasteiger partial charge on any atom is 0.251 e. The molecule has 4 heteroatoms. The van der Waals surface area contributed by atoms with Crippen molar-refractivity contribution in [1.29, 1.82) is 0 Å². The van der Waals surface area contributed by atoms with Gasteiger partial charge in [0.05, 0.1) is 6.04 Å². The fourth-order valence-corrected chi connectivity index (χ4v) is 1.62. The predicted octanol–water partition coefficient (Wildman–Crippen LogP) is 0.877. The van der Waals surface area contributed by atoms with Crippen LogP contribution < -0.4 is 11.2 Å². The van der Waals surface area contributed by atoms with Crippen LogP contribution in [-0.2, 0) is 4.79 Å². The SMILES string of the molecule is CC(C)(C)[C@H](N)C(=O)NN1CCCCC1. The van der Waals surface area contributed by atoms with Crippen LogP contribution >= 0.6 is 0 Å². The number of nitrogens with one attached hydrogen (secondary N) is 1. The number of nitrogens with two attached hydrogens (primary N) is 1. The van der Waals surface area contributed by atoms with E-state index in [1.165, 1.54) is 6.42 Å². The molecule has 1 aliphatic heterocycles. The molecule has 0 aromatic rings. The van der Waals surface area contributed by atoms with Gasteiger partial charge < -0.3 is 5.73 Å². The van der Waals surface area contributed by atoms with Crippen LogP contribution in [0.15, 0.2) is 0 Å². The summed E-state index contributed by atoms with van der Waals surface area (Å²) in [6.45, 7) is 7.83. The highest BCUT2D eigenvalue weighted by Gasteiger charge is 2.28. The molecule has 0 unspecified atom stereocenters. The van der Waals surface area contributed by atoms with Gasteiger partial charge in [-0.3, -0.25) is 10.2 Å². The van der Waals surface area contributed by atoms with E-state index >= 15 is 0 Å². The molecule has 1 amide bonds. The van der Waals surface area contributed by atoms with E-state index < -0.39 is 6.04 Å². The highest BCUT2D eigenvalue weighted by molar-refractivity contribution is 5.81. The Morgan fingerprint density at radius 3 is 2.27 bits per heavy atom. The van der Waals surface area contributed by atoms with E-state index in [-0.39, 0.29) is 11.3 Å². The highest BCUT2D eigenvalue weighted by atomic mass is 16.2. The molecule has 1 rings (SSSR count). The first-order valence-electron chi connectivity index (χ1n) is 5.72. The molecule has 15 heavy (non-hydrogen) atoms. The highest BCUT2D eigenvalue weighted by Crippen LogP contribution is 2.17. The van der Waals surface area contributed by atoms with E-state index in [1.807, 2.05) is 25.8 Å². The largest absolute Gasteiger partial charge is 0.319 e. The Labute approximate surface area is 92.2 Å². The van der Waals surface area contributed by atoms with Gasteiger partial charge in [0.1, 0.15) is 0 Å². The molecule has 88 valence electrons. The number of carbonyl (C=O) groups excluding carboxylic acids is 1. The van der Waals surface area contributed by atoms with Gasteiger partial charge in [-0.25, -0.2) is 5.01 Å². The average molecular weight is 213 g/mol. The van der Waals surface area contributed by atoms with E-state index in [2.05, 4.69) is 5.43 Å². The number of carbonyl (C=O) groups is 1. The normalized spacial score (nSPS) is 21.1. The zero-order valence-electron chi connectivity index (χ0n) is 10.0. The van der Waals surface area contributed by atoms with E-state index in [0.717, 1.165) is 25.9 Å². The molecule has 1 heterocycles. The Hall–Kier alpha value is -0.610. The number of hydrogen-bond donors (Lipinski definition) is 2. The lowest BCUT2D eigenvalue weighted by Crippen LogP contribution is -2.55. The van der Waals surface area contributed by atoms with E-state index in [1.54, 1.807) is 0 Å². The van der Waals surface area contributed by atoms with E-state index in [0.29, 0.717) is 0 Å². The molecule has 1 atom stereocenters. The van der Waals surface area contributed by atoms with E-state index in [9.17, 15) is 4.79 Å². The Kier molecular flexibility index (Phi) is 4.11. The fraction of sp³-hybridized carbons (Fsp3) is 0.909. The average Bonchev–Trinajstić information content (AvgIpc) is 2.16. The van der Waals surface area contributed by atoms with Gasteiger partial charge in [0.15, 0.2) is 0 Å². The second-order valence-electron chi connectivity index (χ2n) is 5.37. The molecule has 1 fully saturated rings. The van der Waals surface area contributed by atoms with Gasteiger partial charge in [0, 0.05) is 13.1 Å². The van der Waals surface area contributed by atoms with Gasteiger partial charge in [0.2, 0.25) is 0 Å². The molecule has 0 radical (unpaired) electrons. The monoisotopic (exact) mass is 213 g/mol. The van der Waals surface area contributed by atoms with Crippen molar-refractivity contribution in [2.45, 2.75) is 46.1 Å². The molecule has 1 aliphatic rings. The van der Waals surface area contributed by atoms with Crippen LogP contribution in [0.25, 0.3) is 0 Å². The third-order valence-electron chi connectivity index (χ3n) is 2.84. The number of hydrazine groups is 1. The molecule has 0 spiro atoms. The van der Waals surface area contributed by atoms with Crippen molar-refractivity contribution in [3.05, 3.63) is 0 Å². The molecule has 0 saturated carbocycles. The summed E-state index contributed by atoms with van der Waals surface area (Å²) >= 11 is 0. The van der Waals surface area contributed by atoms with Crippen LogP contribution in [-0.4, -0.2) is 30.0 Å². The van der Waals surface area contributed by atoms with Crippen LogP contribution in [0.2, 0.25) is 0 Å². The zero-order valence-corrected chi connectivity index (χ0v) is 10.0. The zero-order chi connectivity index (χ0) is 11.5. The Bertz CT molecular complexity index is 216. The van der Waals surface area contributed by atoms with Gasteiger partial charge in [-0.15, -0.1) is 0 Å². The standard InChI is InChI=1S/C11H23N3O/c1-11(2,3)9(12)10(15)13-14-7-5-4-6-8-14/h9H,4-8,12H2,1-3H3,(H,13,15)/t9-/m1/s1. The van der Waals surface area contributed by atoms with E-state index in [4.69, 9.17) is 5.73 Å². The number of piperidine rings is 1. The summed E-state index contributed by atoms with van der Waals surface area (Å²) in [4.78, 5) is 11.8. The number of amides is 1. The lowest BCUT2D eigenvalue weighted by Gasteiger charge is -2.31. The lowest BCUT2D eigenvalue weighted by atomic mass is 9.87. The van der Waals surface area contributed by atoms with Crippen LogP contribution in [0.4, 0.5) is 0 Å². The number of rotatable bonds is 2. The summed E-state index contributed by atoms with van der Waals surface area (Å²) in [5.41, 5.74) is 8.59. The second-order valence-corrected chi connectivity index (χ2v) is 5.37. The number of nitrogens with zero attached hydrogens (tertiary/aromatic N) is 1. The first-order chi connectivity index (χ1) is 6.91. The molecular weight excluding hydrogens is 190 g/mol. The Morgan fingerprint density at radius 2 is 1.80 bits per heavy atom. The molecule has 0 aromatic heterocycles. The maximum atomic E-state index is 11.8. The summed E-state index contributed by atoms with van der Waals surface area (Å²) in [5, 5.41) is 1.98. The number of hydrogen-bond acceptors (Lipinski definition) is 3. The fourth-order valence-electron chi connectivity index (χ4n) is 1.62. The lowest BCUT2D eigenvalue weighted by molar-refractivity contribution is -0.129. The van der Waals surface area contributed by atoms with Crippen molar-refractivity contribution in [3.63, 3.8) is 0 Å². The predicted molar refractivity (Wildman–Crippen MR) is 61.0 cm³/mol. The third kappa shape index (κ3) is 3.80. The van der Waals surface area contributed by atoms with Crippen molar-refractivity contribution in [2.24, 2.45) is 11.1 Å². The Balaban J connectivity index is 2.40. The quantitative estimate of drug-likeness (QED) is 0.716. The van der Waals surface area contributed by atoms with Crippen molar-refractivity contribution in [2.75, 3.05) is 13.1 Å². The molecule has 4 nitrogen and oxygen atoms in total. The first kappa shape index (κ1) is 12.5. The van der Waals surface area contributed by atoms with Gasteiger partial charge >= 0.3 is 0 Å². The Morgan fingerprint density at radius 1 is 1.27 bits per heavy atom. The van der Waals surface area contributed by atoms with Gasteiger partial charge in [-0.05, 0) is 18.3 Å². The summed E-state index contributed by atoms with van der Waals surface area (Å²) in [5.74, 6) is -0.0654. The topological polar surface area (TPSA) is 58.4 Å². The van der Waals surface area contributed by atoms with Crippen LogP contribution in [0, 0.1) is 5.41 Å². The van der Waals surface area contributed by atoms with Crippen molar-refractivity contribution in [1.82, 2.24) is 10.4 Å². The van der Waals surface area contributed by atoms with Gasteiger partial charge in [0.25, 0.3) is 5.91 Å². The minimum absolute atomic E-state index is 0.0654. The summed E-state index contributed by atoms with van der Waals surface area (Å²) in [7, 11) is 0. The minimum Gasteiger partial charge on any atom is -0.319 e. The van der Waals surface area contributed by atoms with Crippen molar-refractivity contribution >= 4 is 5.91 Å². The summed E-state index contributed by atoms with van der Waals surface area (Å²) < 4.78 is 0. The molecule has 3 N–H and O–H groups in total. The molecule has 0 bridgehead atoms. The second kappa shape index (κ2) is 4.94. The van der Waals surface area contributed by atoms with Crippen molar-refractivity contribution < 1.29 is 4.79 Å². The third-order valence-corrected chi connectivity index (χ3v) is 2.84. The molecular formula is C11H23N3O. The van der Waals surface area contributed by atoms with Crippen molar-refractivity contribution in [3.8, 4) is 0 Å².